The quantitative estimate of drug-likeness (QED) is 0.752. The number of hydrogen-bond donors (Lipinski definition) is 1. The van der Waals surface area contributed by atoms with Crippen molar-refractivity contribution in [3.63, 3.8) is 0 Å². The maximum Gasteiger partial charge on any atom is 0.246 e. The molecule has 0 saturated heterocycles. The predicted molar refractivity (Wildman–Crippen MR) is 86.6 cm³/mol. The van der Waals surface area contributed by atoms with Gasteiger partial charge >= 0.3 is 0 Å². The fraction of sp³-hybridized carbons (Fsp3) is 0.176. The number of rotatable bonds is 6. The van der Waals surface area contributed by atoms with Crippen molar-refractivity contribution in [1.82, 2.24) is 10.1 Å². The molecule has 6 heteroatoms. The minimum absolute atomic E-state index is 0.420. The van der Waals surface area contributed by atoms with Crippen molar-refractivity contribution < 1.29 is 14.0 Å². The highest BCUT2D eigenvalue weighted by Gasteiger charge is 2.09. The summed E-state index contributed by atoms with van der Waals surface area (Å²) in [7, 11) is 3.26. The van der Waals surface area contributed by atoms with E-state index in [0.29, 0.717) is 18.3 Å². The number of hydrogen-bond acceptors (Lipinski definition) is 6. The van der Waals surface area contributed by atoms with Crippen LogP contribution >= 0.6 is 0 Å². The molecule has 1 heterocycles. The largest absolute Gasteiger partial charge is 0.497 e. The van der Waals surface area contributed by atoms with E-state index in [0.717, 1.165) is 22.7 Å². The van der Waals surface area contributed by atoms with Gasteiger partial charge in [0.15, 0.2) is 0 Å². The van der Waals surface area contributed by atoms with Crippen LogP contribution in [0.25, 0.3) is 11.4 Å². The average molecular weight is 311 g/mol. The second-order valence-corrected chi connectivity index (χ2v) is 4.79. The third kappa shape index (κ3) is 3.42. The van der Waals surface area contributed by atoms with Gasteiger partial charge in [0.05, 0.1) is 26.5 Å². The Morgan fingerprint density at radius 1 is 1.00 bits per heavy atom. The molecule has 2 aromatic carbocycles. The Hall–Kier alpha value is -3.02. The van der Waals surface area contributed by atoms with Gasteiger partial charge in [-0.05, 0) is 36.4 Å². The van der Waals surface area contributed by atoms with Crippen LogP contribution in [0.5, 0.6) is 11.5 Å². The van der Waals surface area contributed by atoms with Crippen LogP contribution in [0.2, 0.25) is 0 Å². The van der Waals surface area contributed by atoms with Crippen molar-refractivity contribution in [2.24, 2.45) is 0 Å². The smallest absolute Gasteiger partial charge is 0.246 e. The zero-order chi connectivity index (χ0) is 16.1. The lowest BCUT2D eigenvalue weighted by atomic mass is 10.2. The van der Waals surface area contributed by atoms with Crippen LogP contribution in [0.4, 0.5) is 5.69 Å². The van der Waals surface area contributed by atoms with Crippen LogP contribution in [0.1, 0.15) is 5.89 Å². The second-order valence-electron chi connectivity index (χ2n) is 4.79. The number of benzene rings is 2. The Morgan fingerprint density at radius 2 is 1.78 bits per heavy atom. The maximum atomic E-state index is 5.29. The summed E-state index contributed by atoms with van der Waals surface area (Å²) in [5, 5.41) is 7.22. The standard InChI is InChI=1S/C17H17N3O3/c1-21-13-9-7-12(8-10-13)17-19-16(23-20-17)11-18-14-5-3-4-6-15(14)22-2/h3-10,18H,11H2,1-2H3. The number of nitrogens with one attached hydrogen (secondary N) is 1. The first-order valence-corrected chi connectivity index (χ1v) is 7.14. The summed E-state index contributed by atoms with van der Waals surface area (Å²) in [6.07, 6.45) is 0. The molecular formula is C17H17N3O3. The highest BCUT2D eigenvalue weighted by molar-refractivity contribution is 5.57. The summed E-state index contributed by atoms with van der Waals surface area (Å²) in [6.45, 7) is 0.420. The molecule has 3 rings (SSSR count). The van der Waals surface area contributed by atoms with Crippen LogP contribution in [-0.2, 0) is 6.54 Å². The fourth-order valence-corrected chi connectivity index (χ4v) is 2.15. The molecule has 3 aromatic rings. The van der Waals surface area contributed by atoms with Crippen molar-refractivity contribution in [3.05, 3.63) is 54.4 Å². The summed E-state index contributed by atoms with van der Waals surface area (Å²) in [5.41, 5.74) is 1.75. The van der Waals surface area contributed by atoms with E-state index >= 15 is 0 Å². The van der Waals surface area contributed by atoms with Crippen LogP contribution in [0, 0.1) is 0 Å². The van der Waals surface area contributed by atoms with E-state index in [-0.39, 0.29) is 0 Å². The Labute approximate surface area is 134 Å². The molecule has 0 aliphatic rings. The van der Waals surface area contributed by atoms with E-state index in [1.165, 1.54) is 0 Å². The van der Waals surface area contributed by atoms with Gasteiger partial charge < -0.3 is 19.3 Å². The minimum atomic E-state index is 0.420. The van der Waals surface area contributed by atoms with Crippen LogP contribution < -0.4 is 14.8 Å². The molecule has 0 radical (unpaired) electrons. The number of para-hydroxylation sites is 2. The number of anilines is 1. The van der Waals surface area contributed by atoms with Gasteiger partial charge in [-0.15, -0.1) is 0 Å². The first-order chi connectivity index (χ1) is 11.3. The molecule has 118 valence electrons. The molecule has 23 heavy (non-hydrogen) atoms. The van der Waals surface area contributed by atoms with Crippen LogP contribution in [0.3, 0.4) is 0 Å². The van der Waals surface area contributed by atoms with E-state index in [2.05, 4.69) is 15.5 Å². The van der Waals surface area contributed by atoms with E-state index in [1.807, 2.05) is 48.5 Å². The fourth-order valence-electron chi connectivity index (χ4n) is 2.15. The third-order valence-corrected chi connectivity index (χ3v) is 3.35. The molecule has 1 aromatic heterocycles. The Balaban J connectivity index is 1.69. The number of nitrogens with zero attached hydrogens (tertiary/aromatic N) is 2. The number of aromatic nitrogens is 2. The summed E-state index contributed by atoms with van der Waals surface area (Å²) < 4.78 is 15.7. The van der Waals surface area contributed by atoms with E-state index in [1.54, 1.807) is 14.2 Å². The molecule has 0 aliphatic carbocycles. The number of methoxy groups -OCH3 is 2. The van der Waals surface area contributed by atoms with Gasteiger partial charge in [0.25, 0.3) is 0 Å². The van der Waals surface area contributed by atoms with Crippen LogP contribution in [-0.4, -0.2) is 24.4 Å². The normalized spacial score (nSPS) is 10.3. The highest BCUT2D eigenvalue weighted by atomic mass is 16.5. The summed E-state index contributed by atoms with van der Waals surface area (Å²) in [4.78, 5) is 4.38. The first-order valence-electron chi connectivity index (χ1n) is 7.14. The summed E-state index contributed by atoms with van der Waals surface area (Å²) in [5.74, 6) is 2.60. The van der Waals surface area contributed by atoms with E-state index in [9.17, 15) is 0 Å². The Bertz CT molecular complexity index is 769. The van der Waals surface area contributed by atoms with E-state index < -0.39 is 0 Å². The lowest BCUT2D eigenvalue weighted by Gasteiger charge is -2.08. The topological polar surface area (TPSA) is 69.4 Å². The molecule has 0 saturated carbocycles. The van der Waals surface area contributed by atoms with Gasteiger partial charge in [0, 0.05) is 5.56 Å². The third-order valence-electron chi connectivity index (χ3n) is 3.35. The highest BCUT2D eigenvalue weighted by Crippen LogP contribution is 2.24. The van der Waals surface area contributed by atoms with Crippen molar-refractivity contribution >= 4 is 5.69 Å². The minimum Gasteiger partial charge on any atom is -0.497 e. The molecule has 0 unspecified atom stereocenters. The van der Waals surface area contributed by atoms with Gasteiger partial charge in [0.1, 0.15) is 11.5 Å². The zero-order valence-electron chi connectivity index (χ0n) is 12.9. The predicted octanol–water partition coefficient (Wildman–Crippen LogP) is 3.37. The zero-order valence-corrected chi connectivity index (χ0v) is 12.9. The molecule has 0 aliphatic heterocycles. The van der Waals surface area contributed by atoms with E-state index in [4.69, 9.17) is 14.0 Å². The van der Waals surface area contributed by atoms with Crippen molar-refractivity contribution in [2.75, 3.05) is 19.5 Å². The molecular weight excluding hydrogens is 294 g/mol. The maximum absolute atomic E-state index is 5.29. The van der Waals surface area contributed by atoms with Gasteiger partial charge in [-0.1, -0.05) is 17.3 Å². The van der Waals surface area contributed by atoms with Crippen molar-refractivity contribution in [3.8, 4) is 22.9 Å². The van der Waals surface area contributed by atoms with Crippen molar-refractivity contribution in [2.45, 2.75) is 6.54 Å². The molecule has 0 fully saturated rings. The Kier molecular flexibility index (Phi) is 4.42. The molecule has 0 bridgehead atoms. The molecule has 0 spiro atoms. The SMILES string of the molecule is COc1ccc(-c2noc(CNc3ccccc3OC)n2)cc1. The lowest BCUT2D eigenvalue weighted by Crippen LogP contribution is -2.01. The van der Waals surface area contributed by atoms with Crippen LogP contribution in [0.15, 0.2) is 53.1 Å². The second kappa shape index (κ2) is 6.83. The summed E-state index contributed by atoms with van der Waals surface area (Å²) in [6, 6.07) is 15.2. The average Bonchev–Trinajstić information content (AvgIpc) is 3.09. The molecule has 1 N–H and O–H groups in total. The summed E-state index contributed by atoms with van der Waals surface area (Å²) >= 11 is 0. The molecule has 0 atom stereocenters. The van der Waals surface area contributed by atoms with Gasteiger partial charge in [0.2, 0.25) is 11.7 Å². The Morgan fingerprint density at radius 3 is 2.52 bits per heavy atom. The lowest BCUT2D eigenvalue weighted by molar-refractivity contribution is 0.383. The molecule has 0 amide bonds. The van der Waals surface area contributed by atoms with Crippen molar-refractivity contribution in [1.29, 1.82) is 0 Å². The van der Waals surface area contributed by atoms with Gasteiger partial charge in [-0.2, -0.15) is 4.98 Å². The first kappa shape index (κ1) is 14.9. The van der Waals surface area contributed by atoms with Gasteiger partial charge in [-0.25, -0.2) is 0 Å². The number of ether oxygens (including phenoxy) is 2. The molecule has 6 nitrogen and oxygen atoms in total. The monoisotopic (exact) mass is 311 g/mol. The van der Waals surface area contributed by atoms with Gasteiger partial charge in [-0.3, -0.25) is 0 Å².